The van der Waals surface area contributed by atoms with Gasteiger partial charge in [-0.15, -0.1) is 0 Å². The lowest BCUT2D eigenvalue weighted by atomic mass is 10.0. The van der Waals surface area contributed by atoms with Crippen molar-refractivity contribution in [2.75, 3.05) is 18.0 Å². The molecule has 5 heteroatoms. The van der Waals surface area contributed by atoms with E-state index in [0.717, 1.165) is 37.2 Å². The van der Waals surface area contributed by atoms with Crippen molar-refractivity contribution in [2.24, 2.45) is 0 Å². The number of carbonyl (C=O) groups is 1. The summed E-state index contributed by atoms with van der Waals surface area (Å²) in [4.78, 5) is 13.1. The summed E-state index contributed by atoms with van der Waals surface area (Å²) in [6, 6.07) is 7.39. The van der Waals surface area contributed by atoms with Gasteiger partial charge in [0.15, 0.2) is 0 Å². The summed E-state index contributed by atoms with van der Waals surface area (Å²) in [7, 11) is 0. The highest BCUT2D eigenvalue weighted by Crippen LogP contribution is 2.26. The number of Topliss-reactive ketones (excluding diaryl/α,β-unsaturated/α-hetero) is 1. The number of ketones is 1. The van der Waals surface area contributed by atoms with Crippen LogP contribution in [0.5, 0.6) is 0 Å². The largest absolute Gasteiger partial charge is 0.449 e. The van der Waals surface area contributed by atoms with Gasteiger partial charge in [-0.25, -0.2) is 0 Å². The zero-order valence-electron chi connectivity index (χ0n) is 10.5. The summed E-state index contributed by atoms with van der Waals surface area (Å²) in [5.74, 6) is -1.65. The molecule has 0 bridgehead atoms. The van der Waals surface area contributed by atoms with E-state index in [9.17, 15) is 18.0 Å². The summed E-state index contributed by atoms with van der Waals surface area (Å²) in [5.41, 5.74) is 1.79. The zero-order valence-corrected chi connectivity index (χ0v) is 10.5. The monoisotopic (exact) mass is 271 g/mol. The van der Waals surface area contributed by atoms with E-state index < -0.39 is 18.4 Å². The molecule has 0 aliphatic carbocycles. The van der Waals surface area contributed by atoms with Gasteiger partial charge in [0.25, 0.3) is 0 Å². The minimum Gasteiger partial charge on any atom is -0.371 e. The van der Waals surface area contributed by atoms with Crippen molar-refractivity contribution < 1.29 is 18.0 Å². The van der Waals surface area contributed by atoms with E-state index >= 15 is 0 Å². The first-order valence-corrected chi connectivity index (χ1v) is 6.41. The summed E-state index contributed by atoms with van der Waals surface area (Å²) < 4.78 is 36.6. The van der Waals surface area contributed by atoms with Crippen molar-refractivity contribution >= 4 is 11.5 Å². The third-order valence-electron chi connectivity index (χ3n) is 3.38. The van der Waals surface area contributed by atoms with Crippen LogP contribution in [0.15, 0.2) is 24.3 Å². The SMILES string of the molecule is O=C(CCc1ccccc1N1CCCC1)C(F)(F)F. The molecule has 0 amide bonds. The molecule has 2 rings (SSSR count). The second kappa shape index (κ2) is 5.63. The first kappa shape index (κ1) is 13.9. The van der Waals surface area contributed by atoms with Crippen LogP contribution in [0, 0.1) is 0 Å². The lowest BCUT2D eigenvalue weighted by molar-refractivity contribution is -0.170. The van der Waals surface area contributed by atoms with E-state index in [4.69, 9.17) is 0 Å². The van der Waals surface area contributed by atoms with Gasteiger partial charge < -0.3 is 4.90 Å². The molecule has 1 aliphatic rings. The minimum absolute atomic E-state index is 0.144. The van der Waals surface area contributed by atoms with Crippen LogP contribution in [-0.2, 0) is 11.2 Å². The number of hydrogen-bond donors (Lipinski definition) is 0. The van der Waals surface area contributed by atoms with Gasteiger partial charge in [0, 0.05) is 25.2 Å². The fourth-order valence-corrected chi connectivity index (χ4v) is 2.38. The molecular weight excluding hydrogens is 255 g/mol. The Balaban J connectivity index is 2.06. The Labute approximate surface area is 110 Å². The summed E-state index contributed by atoms with van der Waals surface area (Å²) in [6.45, 7) is 1.87. The van der Waals surface area contributed by atoms with Crippen LogP contribution < -0.4 is 4.90 Å². The molecule has 0 spiro atoms. The van der Waals surface area contributed by atoms with Crippen molar-refractivity contribution in [3.63, 3.8) is 0 Å². The molecular formula is C14H16F3NO. The minimum atomic E-state index is -4.72. The molecule has 104 valence electrons. The number of carbonyl (C=O) groups excluding carboxylic acids is 1. The van der Waals surface area contributed by atoms with Gasteiger partial charge in [-0.1, -0.05) is 18.2 Å². The standard InChI is InChI=1S/C14H16F3NO/c15-14(16,17)13(19)8-7-11-5-1-2-6-12(11)18-9-3-4-10-18/h1-2,5-6H,3-4,7-10H2. The summed E-state index contributed by atoms with van der Waals surface area (Å²) >= 11 is 0. The van der Waals surface area contributed by atoms with Crippen molar-refractivity contribution in [2.45, 2.75) is 31.9 Å². The van der Waals surface area contributed by atoms with Crippen LogP contribution in [-0.4, -0.2) is 25.0 Å². The van der Waals surface area contributed by atoms with E-state index in [0.29, 0.717) is 0 Å². The fraction of sp³-hybridized carbons (Fsp3) is 0.500. The Morgan fingerprint density at radius 2 is 1.79 bits per heavy atom. The number of nitrogens with zero attached hydrogens (tertiary/aromatic N) is 1. The Morgan fingerprint density at radius 3 is 2.42 bits per heavy atom. The lowest BCUT2D eigenvalue weighted by Crippen LogP contribution is -2.24. The number of alkyl halides is 3. The van der Waals surface area contributed by atoms with Crippen LogP contribution in [0.3, 0.4) is 0 Å². The molecule has 1 aromatic rings. The molecule has 1 aromatic carbocycles. The highest BCUT2D eigenvalue weighted by atomic mass is 19.4. The Kier molecular flexibility index (Phi) is 4.12. The van der Waals surface area contributed by atoms with Crippen LogP contribution in [0.25, 0.3) is 0 Å². The normalized spacial score (nSPS) is 15.8. The zero-order chi connectivity index (χ0) is 13.9. The lowest BCUT2D eigenvalue weighted by Gasteiger charge is -2.21. The average molecular weight is 271 g/mol. The maximum Gasteiger partial charge on any atom is 0.449 e. The molecule has 2 nitrogen and oxygen atoms in total. The Bertz CT molecular complexity index is 450. The maximum absolute atomic E-state index is 12.2. The van der Waals surface area contributed by atoms with Crippen LogP contribution in [0.1, 0.15) is 24.8 Å². The number of aryl methyl sites for hydroxylation is 1. The van der Waals surface area contributed by atoms with Crippen molar-refractivity contribution in [1.82, 2.24) is 0 Å². The first-order chi connectivity index (χ1) is 8.98. The van der Waals surface area contributed by atoms with Gasteiger partial charge in [0.05, 0.1) is 0 Å². The molecule has 0 radical (unpaired) electrons. The average Bonchev–Trinajstić information content (AvgIpc) is 2.88. The summed E-state index contributed by atoms with van der Waals surface area (Å²) in [6.07, 6.45) is -2.84. The second-order valence-electron chi connectivity index (χ2n) is 4.74. The third-order valence-corrected chi connectivity index (χ3v) is 3.38. The number of para-hydroxylation sites is 1. The van der Waals surface area contributed by atoms with E-state index in [-0.39, 0.29) is 6.42 Å². The van der Waals surface area contributed by atoms with Gasteiger partial charge in [0.2, 0.25) is 5.78 Å². The van der Waals surface area contributed by atoms with Crippen LogP contribution in [0.2, 0.25) is 0 Å². The predicted octanol–water partition coefficient (Wildman–Crippen LogP) is 3.35. The topological polar surface area (TPSA) is 20.3 Å². The van der Waals surface area contributed by atoms with Gasteiger partial charge in [-0.2, -0.15) is 13.2 Å². The van der Waals surface area contributed by atoms with Crippen LogP contribution in [0.4, 0.5) is 18.9 Å². The number of rotatable bonds is 4. The maximum atomic E-state index is 12.2. The quantitative estimate of drug-likeness (QED) is 0.837. The number of benzene rings is 1. The molecule has 0 atom stereocenters. The van der Waals surface area contributed by atoms with Gasteiger partial charge in [-0.3, -0.25) is 4.79 Å². The van der Waals surface area contributed by atoms with Crippen molar-refractivity contribution in [3.05, 3.63) is 29.8 Å². The number of anilines is 1. The molecule has 1 aliphatic heterocycles. The molecule has 1 fully saturated rings. The van der Waals surface area contributed by atoms with Crippen molar-refractivity contribution in [3.8, 4) is 0 Å². The Morgan fingerprint density at radius 1 is 1.16 bits per heavy atom. The molecule has 0 saturated carbocycles. The highest BCUT2D eigenvalue weighted by molar-refractivity contribution is 5.84. The Hall–Kier alpha value is -1.52. The molecule has 19 heavy (non-hydrogen) atoms. The fourth-order valence-electron chi connectivity index (χ4n) is 2.38. The summed E-state index contributed by atoms with van der Waals surface area (Å²) in [5, 5.41) is 0. The van der Waals surface area contributed by atoms with E-state index in [1.807, 2.05) is 12.1 Å². The van der Waals surface area contributed by atoms with E-state index in [1.165, 1.54) is 0 Å². The molecule has 1 saturated heterocycles. The third kappa shape index (κ3) is 3.49. The molecule has 1 heterocycles. The molecule has 0 N–H and O–H groups in total. The van der Waals surface area contributed by atoms with Crippen molar-refractivity contribution in [1.29, 1.82) is 0 Å². The smallest absolute Gasteiger partial charge is 0.371 e. The van der Waals surface area contributed by atoms with E-state index in [1.54, 1.807) is 12.1 Å². The van der Waals surface area contributed by atoms with Crippen LogP contribution >= 0.6 is 0 Å². The number of halogens is 3. The van der Waals surface area contributed by atoms with Gasteiger partial charge in [0.1, 0.15) is 0 Å². The van der Waals surface area contributed by atoms with E-state index in [2.05, 4.69) is 4.90 Å². The second-order valence-corrected chi connectivity index (χ2v) is 4.74. The van der Waals surface area contributed by atoms with Gasteiger partial charge in [-0.05, 0) is 30.9 Å². The first-order valence-electron chi connectivity index (χ1n) is 6.41. The molecule has 0 aromatic heterocycles. The highest BCUT2D eigenvalue weighted by Gasteiger charge is 2.37. The predicted molar refractivity (Wildman–Crippen MR) is 67.3 cm³/mol. The van der Waals surface area contributed by atoms with Gasteiger partial charge >= 0.3 is 6.18 Å². The molecule has 0 unspecified atom stereocenters. The number of hydrogen-bond acceptors (Lipinski definition) is 2.